The molecule has 1 unspecified atom stereocenters. The molecule has 19 heavy (non-hydrogen) atoms. The normalized spacial score (nSPS) is 15.0. The molecule has 1 aromatic rings. The second kappa shape index (κ2) is 5.66. The summed E-state index contributed by atoms with van der Waals surface area (Å²) in [6.45, 7) is 15.8. The van der Waals surface area contributed by atoms with E-state index in [2.05, 4.69) is 58.0 Å². The van der Waals surface area contributed by atoms with Gasteiger partial charge in [-0.05, 0) is 38.0 Å². The predicted molar refractivity (Wildman–Crippen MR) is 82.0 cm³/mol. The van der Waals surface area contributed by atoms with Crippen molar-refractivity contribution in [3.63, 3.8) is 0 Å². The first kappa shape index (κ1) is 16.2. The Bertz CT molecular complexity index is 396. The molecule has 0 aliphatic heterocycles. The summed E-state index contributed by atoms with van der Waals surface area (Å²) in [4.78, 5) is 4.33. The fourth-order valence-corrected chi connectivity index (χ4v) is 3.10. The Kier molecular flexibility index (Phi) is 4.83. The lowest BCUT2D eigenvalue weighted by molar-refractivity contribution is 0.207. The highest BCUT2D eigenvalue weighted by molar-refractivity contribution is 5.08. The molecular weight excluding hydrogens is 234 g/mol. The number of imidazole rings is 1. The monoisotopic (exact) mass is 265 g/mol. The minimum absolute atomic E-state index is 0.0404. The zero-order chi connectivity index (χ0) is 14.8. The summed E-state index contributed by atoms with van der Waals surface area (Å²) in [5.41, 5.74) is 7.82. The number of hydrogen-bond donors (Lipinski definition) is 1. The van der Waals surface area contributed by atoms with Crippen LogP contribution in [0.5, 0.6) is 0 Å². The van der Waals surface area contributed by atoms with Gasteiger partial charge in [0.15, 0.2) is 0 Å². The highest BCUT2D eigenvalue weighted by Crippen LogP contribution is 2.34. The van der Waals surface area contributed by atoms with Crippen molar-refractivity contribution in [1.29, 1.82) is 0 Å². The summed E-state index contributed by atoms with van der Waals surface area (Å²) in [6.07, 6.45) is 5.95. The van der Waals surface area contributed by atoms with E-state index in [-0.39, 0.29) is 17.0 Å². The van der Waals surface area contributed by atoms with Crippen molar-refractivity contribution in [1.82, 2.24) is 9.55 Å². The van der Waals surface area contributed by atoms with Crippen molar-refractivity contribution in [2.45, 2.75) is 72.9 Å². The van der Waals surface area contributed by atoms with E-state index < -0.39 is 0 Å². The van der Waals surface area contributed by atoms with Crippen LogP contribution in [-0.4, -0.2) is 9.55 Å². The molecule has 1 atom stereocenters. The Hall–Kier alpha value is -0.830. The van der Waals surface area contributed by atoms with Gasteiger partial charge in [-0.2, -0.15) is 0 Å². The third-order valence-electron chi connectivity index (χ3n) is 3.39. The fourth-order valence-electron chi connectivity index (χ4n) is 3.10. The molecule has 0 radical (unpaired) electrons. The van der Waals surface area contributed by atoms with Gasteiger partial charge in [0.1, 0.15) is 0 Å². The van der Waals surface area contributed by atoms with Gasteiger partial charge in [-0.25, -0.2) is 4.98 Å². The average Bonchev–Trinajstić information content (AvgIpc) is 2.60. The van der Waals surface area contributed by atoms with E-state index in [1.165, 1.54) is 0 Å². The van der Waals surface area contributed by atoms with Crippen LogP contribution in [0.4, 0.5) is 0 Å². The summed E-state index contributed by atoms with van der Waals surface area (Å²) in [5.74, 6) is 0.601. The van der Waals surface area contributed by atoms with E-state index >= 15 is 0 Å². The van der Waals surface area contributed by atoms with Crippen molar-refractivity contribution in [2.24, 2.45) is 17.1 Å². The molecule has 3 heteroatoms. The standard InChI is InChI=1S/C16H31N3/c1-12(2)8-13(17)14-9-18-11-19(14)16(6,7)10-15(3,4)5/h9,11-13H,8,10,17H2,1-7H3. The maximum Gasteiger partial charge on any atom is 0.0953 e. The Labute approximate surface area is 118 Å². The van der Waals surface area contributed by atoms with E-state index in [4.69, 9.17) is 5.73 Å². The molecule has 110 valence electrons. The maximum absolute atomic E-state index is 6.34. The number of aromatic nitrogens is 2. The van der Waals surface area contributed by atoms with Crippen LogP contribution in [0.25, 0.3) is 0 Å². The molecule has 0 aromatic carbocycles. The van der Waals surface area contributed by atoms with Crippen molar-refractivity contribution < 1.29 is 0 Å². The molecule has 0 spiro atoms. The van der Waals surface area contributed by atoms with Crippen LogP contribution in [0.2, 0.25) is 0 Å². The lowest BCUT2D eigenvalue weighted by Gasteiger charge is -2.36. The van der Waals surface area contributed by atoms with E-state index in [0.29, 0.717) is 5.92 Å². The topological polar surface area (TPSA) is 43.8 Å². The summed E-state index contributed by atoms with van der Waals surface area (Å²) in [5, 5.41) is 0. The van der Waals surface area contributed by atoms with Crippen LogP contribution >= 0.6 is 0 Å². The van der Waals surface area contributed by atoms with Gasteiger partial charge in [-0.1, -0.05) is 34.6 Å². The second-order valence-corrected chi connectivity index (χ2v) is 7.97. The first-order chi connectivity index (χ1) is 8.53. The van der Waals surface area contributed by atoms with Gasteiger partial charge in [0.25, 0.3) is 0 Å². The van der Waals surface area contributed by atoms with E-state index in [0.717, 1.165) is 18.5 Å². The molecule has 0 aliphatic carbocycles. The molecule has 0 bridgehead atoms. The van der Waals surface area contributed by atoms with Crippen LogP contribution < -0.4 is 5.73 Å². The third kappa shape index (κ3) is 4.64. The highest BCUT2D eigenvalue weighted by Gasteiger charge is 2.29. The summed E-state index contributed by atoms with van der Waals surface area (Å²) < 4.78 is 2.27. The lowest BCUT2D eigenvalue weighted by Crippen LogP contribution is -2.34. The summed E-state index contributed by atoms with van der Waals surface area (Å²) >= 11 is 0. The number of rotatable bonds is 5. The largest absolute Gasteiger partial charge is 0.327 e. The van der Waals surface area contributed by atoms with Gasteiger partial charge in [0, 0.05) is 17.8 Å². The molecule has 0 saturated carbocycles. The average molecular weight is 265 g/mol. The van der Waals surface area contributed by atoms with Gasteiger partial charge in [-0.3, -0.25) is 0 Å². The van der Waals surface area contributed by atoms with Gasteiger partial charge in [-0.15, -0.1) is 0 Å². The summed E-state index contributed by atoms with van der Waals surface area (Å²) in [7, 11) is 0. The maximum atomic E-state index is 6.34. The molecular formula is C16H31N3. The number of hydrogen-bond acceptors (Lipinski definition) is 2. The molecule has 1 aromatic heterocycles. The Balaban J connectivity index is 2.99. The molecule has 0 aliphatic rings. The van der Waals surface area contributed by atoms with E-state index in [1.807, 2.05) is 12.5 Å². The quantitative estimate of drug-likeness (QED) is 0.871. The SMILES string of the molecule is CC(C)CC(N)c1cncn1C(C)(C)CC(C)(C)C. The van der Waals surface area contributed by atoms with Crippen molar-refractivity contribution in [2.75, 3.05) is 0 Å². The van der Waals surface area contributed by atoms with E-state index in [1.54, 1.807) is 0 Å². The molecule has 0 fully saturated rings. The van der Waals surface area contributed by atoms with Crippen LogP contribution in [0.15, 0.2) is 12.5 Å². The Morgan fingerprint density at radius 1 is 1.21 bits per heavy atom. The first-order valence-corrected chi connectivity index (χ1v) is 7.31. The van der Waals surface area contributed by atoms with Crippen LogP contribution in [0, 0.1) is 11.3 Å². The lowest BCUT2D eigenvalue weighted by atomic mass is 9.81. The third-order valence-corrected chi connectivity index (χ3v) is 3.39. The molecule has 3 nitrogen and oxygen atoms in total. The molecule has 2 N–H and O–H groups in total. The van der Waals surface area contributed by atoms with Crippen LogP contribution in [0.1, 0.15) is 73.0 Å². The second-order valence-electron chi connectivity index (χ2n) is 7.97. The summed E-state index contributed by atoms with van der Waals surface area (Å²) in [6, 6.07) is 0.0711. The molecule has 0 saturated heterocycles. The van der Waals surface area contributed by atoms with Gasteiger partial charge < -0.3 is 10.3 Å². The van der Waals surface area contributed by atoms with Crippen molar-refractivity contribution in [3.8, 4) is 0 Å². The molecule has 1 rings (SSSR count). The van der Waals surface area contributed by atoms with Gasteiger partial charge in [0.2, 0.25) is 0 Å². The van der Waals surface area contributed by atoms with Crippen LogP contribution in [-0.2, 0) is 5.54 Å². The minimum atomic E-state index is 0.0404. The number of nitrogens with zero attached hydrogens (tertiary/aromatic N) is 2. The van der Waals surface area contributed by atoms with Crippen molar-refractivity contribution >= 4 is 0 Å². The van der Waals surface area contributed by atoms with Gasteiger partial charge in [0.05, 0.1) is 12.0 Å². The van der Waals surface area contributed by atoms with Crippen molar-refractivity contribution in [3.05, 3.63) is 18.2 Å². The minimum Gasteiger partial charge on any atom is -0.327 e. The Morgan fingerprint density at radius 3 is 2.26 bits per heavy atom. The van der Waals surface area contributed by atoms with Gasteiger partial charge >= 0.3 is 0 Å². The molecule has 0 amide bonds. The molecule has 1 heterocycles. The predicted octanol–water partition coefficient (Wildman–Crippen LogP) is 4.10. The smallest absolute Gasteiger partial charge is 0.0953 e. The van der Waals surface area contributed by atoms with Crippen LogP contribution in [0.3, 0.4) is 0 Å². The van der Waals surface area contributed by atoms with E-state index in [9.17, 15) is 0 Å². The first-order valence-electron chi connectivity index (χ1n) is 7.31. The highest BCUT2D eigenvalue weighted by atomic mass is 15.1. The Morgan fingerprint density at radius 2 is 1.79 bits per heavy atom. The zero-order valence-electron chi connectivity index (χ0n) is 13.7. The fraction of sp³-hybridized carbons (Fsp3) is 0.812. The zero-order valence-corrected chi connectivity index (χ0v) is 13.7. The number of nitrogens with two attached hydrogens (primary N) is 1.